The third kappa shape index (κ3) is 12.8. The summed E-state index contributed by atoms with van der Waals surface area (Å²) in [5.74, 6) is 0. The van der Waals surface area contributed by atoms with Gasteiger partial charge in [-0.3, -0.25) is 0 Å². The van der Waals surface area contributed by atoms with Gasteiger partial charge in [0.05, 0.1) is 0 Å². The lowest BCUT2D eigenvalue weighted by molar-refractivity contribution is -0.345. The maximum Gasteiger partial charge on any atom is 0.211 e. The molecule has 48 heavy (non-hydrogen) atoms. The summed E-state index contributed by atoms with van der Waals surface area (Å²) in [6.07, 6.45) is 35.6. The van der Waals surface area contributed by atoms with Crippen LogP contribution in [0.15, 0.2) is 84.0 Å². The van der Waals surface area contributed by atoms with Gasteiger partial charge in [-0.1, -0.05) is 153 Å². The van der Waals surface area contributed by atoms with Crippen LogP contribution < -0.4 is 0 Å². The van der Waals surface area contributed by atoms with Gasteiger partial charge in [0.15, 0.2) is 0 Å². The van der Waals surface area contributed by atoms with E-state index in [2.05, 4.69) is 101 Å². The van der Waals surface area contributed by atoms with Crippen LogP contribution in [0.25, 0.3) is 16.9 Å². The minimum atomic E-state index is 0.989. The topological polar surface area (TPSA) is 25.3 Å². The highest BCUT2D eigenvalue weighted by Gasteiger charge is 2.36. The molecule has 2 heteroatoms. The average molecular weight is 649 g/mol. The predicted molar refractivity (Wildman–Crippen MR) is 211 cm³/mol. The van der Waals surface area contributed by atoms with Gasteiger partial charge in [0.1, 0.15) is 0 Å². The highest BCUT2D eigenvalue weighted by atomic mass is 15.2. The molecular formula is C46H68N2. The van der Waals surface area contributed by atoms with Crippen LogP contribution in [-0.4, -0.2) is 4.70 Å². The Morgan fingerprint density at radius 2 is 0.833 bits per heavy atom. The molecule has 0 fully saturated rings. The molecule has 3 rings (SSSR count). The van der Waals surface area contributed by atoms with Crippen molar-refractivity contribution in [2.24, 2.45) is 0 Å². The Morgan fingerprint density at radius 3 is 1.29 bits per heavy atom. The lowest BCUT2D eigenvalue weighted by Gasteiger charge is -2.14. The maximum absolute atomic E-state index is 12.4. The van der Waals surface area contributed by atoms with Crippen molar-refractivity contribution in [1.82, 2.24) is 0 Å². The first-order chi connectivity index (χ1) is 23.7. The van der Waals surface area contributed by atoms with Crippen molar-refractivity contribution in [3.8, 4) is 0 Å². The molecule has 1 heterocycles. The number of rotatable bonds is 26. The number of hydrogen-bond donors (Lipinski definition) is 0. The molecular weight excluding hydrogens is 581 g/mol. The summed E-state index contributed by atoms with van der Waals surface area (Å²) in [4.78, 5) is 0. The summed E-state index contributed by atoms with van der Waals surface area (Å²) in [7, 11) is 0. The van der Waals surface area contributed by atoms with E-state index in [0.717, 1.165) is 69.2 Å². The molecule has 2 aromatic rings. The Bertz CT molecular complexity index is 1340. The van der Waals surface area contributed by atoms with Crippen LogP contribution in [0.2, 0.25) is 0 Å². The van der Waals surface area contributed by atoms with E-state index >= 15 is 0 Å². The van der Waals surface area contributed by atoms with Crippen LogP contribution in [0.5, 0.6) is 0 Å². The second-order valence-electron chi connectivity index (χ2n) is 13.9. The van der Waals surface area contributed by atoms with Crippen LogP contribution in [0, 0.1) is 0 Å². The fraction of sp³-hybridized carbons (Fsp3) is 0.565. The largest absolute Gasteiger partial charge is 0.493 e. The first-order valence-electron chi connectivity index (χ1n) is 20.1. The Kier molecular flexibility index (Phi) is 19.9. The Labute approximate surface area is 296 Å². The first kappa shape index (κ1) is 39.4. The van der Waals surface area contributed by atoms with Crippen molar-refractivity contribution in [2.45, 2.75) is 169 Å². The number of unbranched alkanes of at least 4 members (excludes halogenated alkanes) is 12. The molecule has 0 amide bonds. The zero-order valence-corrected chi connectivity index (χ0v) is 31.4. The molecule has 0 atom stereocenters. The Balaban J connectivity index is 1.93. The number of benzene rings is 2. The van der Waals surface area contributed by atoms with E-state index in [0.29, 0.717) is 0 Å². The summed E-state index contributed by atoms with van der Waals surface area (Å²) in [5, 5.41) is 0. The molecule has 0 bridgehead atoms. The van der Waals surface area contributed by atoms with Crippen LogP contribution in [0.4, 0.5) is 0 Å². The van der Waals surface area contributed by atoms with Gasteiger partial charge in [-0.2, -0.15) is 0 Å². The van der Waals surface area contributed by atoms with Gasteiger partial charge < -0.3 is 5.53 Å². The molecule has 0 saturated heterocycles. The fourth-order valence-electron chi connectivity index (χ4n) is 7.09. The van der Waals surface area contributed by atoms with E-state index in [1.807, 2.05) is 0 Å². The quantitative estimate of drug-likeness (QED) is 0.0551. The van der Waals surface area contributed by atoms with Gasteiger partial charge in [0, 0.05) is 22.3 Å². The van der Waals surface area contributed by atoms with Gasteiger partial charge in [0.2, 0.25) is 11.4 Å². The molecule has 2 nitrogen and oxygen atoms in total. The molecule has 0 radical (unpaired) electrons. The van der Waals surface area contributed by atoms with E-state index in [4.69, 9.17) is 0 Å². The molecule has 0 N–H and O–H groups in total. The number of aryl methyl sites for hydroxylation is 2. The van der Waals surface area contributed by atoms with E-state index in [1.54, 1.807) is 4.70 Å². The van der Waals surface area contributed by atoms with Crippen molar-refractivity contribution >= 4 is 11.4 Å². The number of allylic oxidation sites excluding steroid dienone is 6. The zero-order chi connectivity index (χ0) is 34.2. The summed E-state index contributed by atoms with van der Waals surface area (Å²) in [6.45, 7) is 9.12. The smallest absolute Gasteiger partial charge is 0.211 e. The number of hydrogen-bond acceptors (Lipinski definition) is 0. The van der Waals surface area contributed by atoms with Gasteiger partial charge >= 0.3 is 0 Å². The minimum Gasteiger partial charge on any atom is -0.493 e. The van der Waals surface area contributed by atoms with Crippen LogP contribution in [0.3, 0.4) is 0 Å². The van der Waals surface area contributed by atoms with E-state index in [9.17, 15) is 5.53 Å². The zero-order valence-electron chi connectivity index (χ0n) is 31.4. The SMILES string of the molecule is CCCCCCC=CCCc1ccccc1C1=C(CCCC)C(CCCCCC)=C(c2ccccc2CCC=CCCCCCC)[N+]1=[N-]. The summed E-state index contributed by atoms with van der Waals surface area (Å²) in [6, 6.07) is 17.7. The van der Waals surface area contributed by atoms with Crippen molar-refractivity contribution in [1.29, 1.82) is 0 Å². The molecule has 0 spiro atoms. The van der Waals surface area contributed by atoms with Crippen LogP contribution in [0.1, 0.15) is 178 Å². The lowest BCUT2D eigenvalue weighted by atomic mass is 9.89. The van der Waals surface area contributed by atoms with E-state index in [-0.39, 0.29) is 0 Å². The third-order valence-corrected chi connectivity index (χ3v) is 9.91. The van der Waals surface area contributed by atoms with Gasteiger partial charge in [-0.05, 0) is 100 Å². The monoisotopic (exact) mass is 649 g/mol. The second-order valence-corrected chi connectivity index (χ2v) is 13.9. The molecule has 0 aliphatic carbocycles. The van der Waals surface area contributed by atoms with Gasteiger partial charge in [0.25, 0.3) is 0 Å². The first-order valence-corrected chi connectivity index (χ1v) is 20.1. The molecule has 0 saturated carbocycles. The normalized spacial score (nSPS) is 13.7. The second kappa shape index (κ2) is 24.2. The fourth-order valence-corrected chi connectivity index (χ4v) is 7.09. The highest BCUT2D eigenvalue weighted by molar-refractivity contribution is 5.83. The highest BCUT2D eigenvalue weighted by Crippen LogP contribution is 2.46. The Hall–Kier alpha value is -3.00. The van der Waals surface area contributed by atoms with E-state index in [1.165, 1.54) is 117 Å². The van der Waals surface area contributed by atoms with Crippen molar-refractivity contribution in [3.05, 3.63) is 112 Å². The summed E-state index contributed by atoms with van der Waals surface area (Å²) in [5.41, 5.74) is 22.2. The third-order valence-electron chi connectivity index (χ3n) is 9.91. The maximum atomic E-state index is 12.4. The molecule has 0 aromatic heterocycles. The number of nitrogens with zero attached hydrogens (tertiary/aromatic N) is 2. The van der Waals surface area contributed by atoms with Crippen LogP contribution >= 0.6 is 0 Å². The van der Waals surface area contributed by atoms with Crippen molar-refractivity contribution < 1.29 is 4.70 Å². The summed E-state index contributed by atoms with van der Waals surface area (Å²) < 4.78 is 1.62. The predicted octanol–water partition coefficient (Wildman–Crippen LogP) is 14.9. The Morgan fingerprint density at radius 1 is 0.438 bits per heavy atom. The lowest BCUT2D eigenvalue weighted by Crippen LogP contribution is -2.06. The van der Waals surface area contributed by atoms with E-state index < -0.39 is 0 Å². The molecule has 1 aliphatic heterocycles. The van der Waals surface area contributed by atoms with Crippen LogP contribution in [-0.2, 0) is 12.8 Å². The van der Waals surface area contributed by atoms with Gasteiger partial charge in [-0.15, -0.1) is 0 Å². The average Bonchev–Trinajstić information content (AvgIpc) is 3.38. The molecule has 2 aromatic carbocycles. The minimum absolute atomic E-state index is 0.989. The van der Waals surface area contributed by atoms with Gasteiger partial charge in [-0.25, -0.2) is 4.70 Å². The summed E-state index contributed by atoms with van der Waals surface area (Å²) >= 11 is 0. The van der Waals surface area contributed by atoms with Crippen molar-refractivity contribution in [3.63, 3.8) is 0 Å². The molecule has 262 valence electrons. The van der Waals surface area contributed by atoms with Crippen molar-refractivity contribution in [2.75, 3.05) is 0 Å². The molecule has 0 unspecified atom stereocenters. The standard InChI is InChI=1S/C46H68N2/c1-5-9-13-16-18-20-22-24-31-39-33-27-29-36-41(39)45-43(35-12-8-4)44(38-26-15-11-7-3)46(48(45)47)42-37-30-28-34-40(42)32-25-23-21-19-17-14-10-6-2/h20-23,27-30,33-34,36-37H,5-19,24-26,31-32,35,38H2,1-4H3. The molecule has 1 aliphatic rings.